The second-order valence-corrected chi connectivity index (χ2v) is 4.00. The van der Waals surface area contributed by atoms with Gasteiger partial charge in [-0.25, -0.2) is 0 Å². The fraction of sp³-hybridized carbons (Fsp3) is 0.538. The molecule has 0 fully saturated rings. The van der Waals surface area contributed by atoms with Gasteiger partial charge in [0.15, 0.2) is 0 Å². The molecule has 2 rings (SSSR count). The molecule has 1 atom stereocenters. The van der Waals surface area contributed by atoms with Crippen molar-refractivity contribution < 1.29 is 14.3 Å². The molecule has 17 heavy (non-hydrogen) atoms. The molecule has 1 aliphatic rings. The molecule has 0 radical (unpaired) electrons. The molecule has 0 saturated heterocycles. The first kappa shape index (κ1) is 12.2. The topological polar surface area (TPSA) is 39.7 Å². The smallest absolute Gasteiger partial charge is 0.124 e. The Morgan fingerprint density at radius 2 is 2.35 bits per heavy atom. The summed E-state index contributed by atoms with van der Waals surface area (Å²) in [6.45, 7) is 3.40. The number of benzene rings is 1. The first-order chi connectivity index (χ1) is 8.35. The molecule has 0 saturated carbocycles. The van der Waals surface area contributed by atoms with Gasteiger partial charge in [0.25, 0.3) is 0 Å². The highest BCUT2D eigenvalue weighted by molar-refractivity contribution is 5.42. The van der Waals surface area contributed by atoms with Crippen LogP contribution in [0, 0.1) is 0 Å². The number of ether oxygens (including phenoxy) is 2. The van der Waals surface area contributed by atoms with Crippen molar-refractivity contribution in [1.29, 1.82) is 0 Å². The van der Waals surface area contributed by atoms with Crippen molar-refractivity contribution in [2.24, 2.45) is 0 Å². The molecule has 4 heteroatoms. The largest absolute Gasteiger partial charge is 0.494 e. The van der Waals surface area contributed by atoms with E-state index < -0.39 is 0 Å². The van der Waals surface area contributed by atoms with Gasteiger partial charge in [-0.1, -0.05) is 0 Å². The summed E-state index contributed by atoms with van der Waals surface area (Å²) in [5, 5.41) is 0. The van der Waals surface area contributed by atoms with Crippen LogP contribution < -0.4 is 15.0 Å². The van der Waals surface area contributed by atoms with Crippen molar-refractivity contribution >= 4 is 0 Å². The van der Waals surface area contributed by atoms with E-state index in [1.54, 1.807) is 7.11 Å². The number of rotatable bonds is 4. The van der Waals surface area contributed by atoms with Gasteiger partial charge in [-0.3, -0.25) is 0 Å². The van der Waals surface area contributed by atoms with Crippen LogP contribution in [0.25, 0.3) is 0 Å². The Balaban J connectivity index is 2.28. The zero-order valence-corrected chi connectivity index (χ0v) is 10.4. The van der Waals surface area contributed by atoms with Crippen LogP contribution in [0.5, 0.6) is 11.5 Å². The van der Waals surface area contributed by atoms with Gasteiger partial charge in [0.2, 0.25) is 0 Å². The fourth-order valence-electron chi connectivity index (χ4n) is 2.08. The molecule has 0 amide bonds. The minimum Gasteiger partial charge on any atom is -0.494 e. The average molecular weight is 237 g/mol. The van der Waals surface area contributed by atoms with Crippen molar-refractivity contribution in [1.82, 2.24) is 5.48 Å². The van der Waals surface area contributed by atoms with Crippen molar-refractivity contribution in [2.45, 2.75) is 25.8 Å². The summed E-state index contributed by atoms with van der Waals surface area (Å²) in [5.74, 6) is 1.79. The third-order valence-electron chi connectivity index (χ3n) is 2.82. The Bertz CT molecular complexity index is 368. The predicted octanol–water partition coefficient (Wildman–Crippen LogP) is 2.45. The van der Waals surface area contributed by atoms with Gasteiger partial charge < -0.3 is 14.3 Å². The van der Waals surface area contributed by atoms with E-state index in [-0.39, 0.29) is 6.04 Å². The Morgan fingerprint density at radius 1 is 1.47 bits per heavy atom. The number of nitrogens with one attached hydrogen (secondary N) is 1. The van der Waals surface area contributed by atoms with Gasteiger partial charge in [-0.2, -0.15) is 5.48 Å². The molecule has 1 aliphatic heterocycles. The van der Waals surface area contributed by atoms with Crippen LogP contribution in [0.15, 0.2) is 18.2 Å². The van der Waals surface area contributed by atoms with Gasteiger partial charge in [0.05, 0.1) is 26.4 Å². The zero-order chi connectivity index (χ0) is 12.1. The molecule has 1 aromatic carbocycles. The maximum Gasteiger partial charge on any atom is 0.124 e. The molecule has 4 nitrogen and oxygen atoms in total. The van der Waals surface area contributed by atoms with Gasteiger partial charge in [-0.15, -0.1) is 0 Å². The first-order valence-electron chi connectivity index (χ1n) is 6.03. The summed E-state index contributed by atoms with van der Waals surface area (Å²) >= 11 is 0. The first-order valence-corrected chi connectivity index (χ1v) is 6.03. The summed E-state index contributed by atoms with van der Waals surface area (Å²) < 4.78 is 11.2. The molecule has 0 bridgehead atoms. The Hall–Kier alpha value is -1.26. The lowest BCUT2D eigenvalue weighted by molar-refractivity contribution is 0.0579. The summed E-state index contributed by atoms with van der Waals surface area (Å²) in [7, 11) is 1.64. The lowest BCUT2D eigenvalue weighted by atomic mass is 10.0. The van der Waals surface area contributed by atoms with Crippen LogP contribution in [0.3, 0.4) is 0 Å². The minimum absolute atomic E-state index is 0.165. The molecule has 0 aliphatic carbocycles. The van der Waals surface area contributed by atoms with Crippen LogP contribution in [-0.4, -0.2) is 20.3 Å². The summed E-state index contributed by atoms with van der Waals surface area (Å²) in [4.78, 5) is 5.05. The molecule has 1 aromatic rings. The molecule has 0 aromatic heterocycles. The van der Waals surface area contributed by atoms with Gasteiger partial charge in [0.1, 0.15) is 11.5 Å². The molecular weight excluding hydrogens is 218 g/mol. The number of hydroxylamine groups is 1. The normalized spacial score (nSPS) is 19.1. The highest BCUT2D eigenvalue weighted by Gasteiger charge is 2.20. The quantitative estimate of drug-likeness (QED) is 0.816. The lowest BCUT2D eigenvalue weighted by Crippen LogP contribution is -2.19. The molecule has 94 valence electrons. The SMILES string of the molecule is CCOc1ccc2c(c1)C(NOC)CCCO2. The monoisotopic (exact) mass is 237 g/mol. The van der Waals surface area contributed by atoms with E-state index in [9.17, 15) is 0 Å². The fourth-order valence-corrected chi connectivity index (χ4v) is 2.08. The minimum atomic E-state index is 0.165. The second-order valence-electron chi connectivity index (χ2n) is 4.00. The average Bonchev–Trinajstić information content (AvgIpc) is 2.53. The van der Waals surface area contributed by atoms with Crippen LogP contribution in [0.2, 0.25) is 0 Å². The number of hydrogen-bond acceptors (Lipinski definition) is 4. The number of fused-ring (bicyclic) bond motifs is 1. The molecule has 1 unspecified atom stereocenters. The zero-order valence-electron chi connectivity index (χ0n) is 10.4. The summed E-state index contributed by atoms with van der Waals surface area (Å²) in [5.41, 5.74) is 4.12. The van der Waals surface area contributed by atoms with Crippen molar-refractivity contribution in [2.75, 3.05) is 20.3 Å². The van der Waals surface area contributed by atoms with Gasteiger partial charge in [-0.05, 0) is 38.0 Å². The van der Waals surface area contributed by atoms with E-state index in [1.165, 1.54) is 0 Å². The van der Waals surface area contributed by atoms with Crippen LogP contribution in [0.1, 0.15) is 31.4 Å². The van der Waals surface area contributed by atoms with Crippen LogP contribution in [-0.2, 0) is 4.84 Å². The Kier molecular flexibility index (Phi) is 4.23. The Morgan fingerprint density at radius 3 is 3.12 bits per heavy atom. The van der Waals surface area contributed by atoms with Gasteiger partial charge >= 0.3 is 0 Å². The number of hydrogen-bond donors (Lipinski definition) is 1. The van der Waals surface area contributed by atoms with E-state index in [0.717, 1.165) is 36.5 Å². The summed E-state index contributed by atoms with van der Waals surface area (Å²) in [6.07, 6.45) is 2.01. The van der Waals surface area contributed by atoms with Crippen molar-refractivity contribution in [3.8, 4) is 11.5 Å². The second kappa shape index (κ2) is 5.89. The molecule has 0 spiro atoms. The molecular formula is C13H19NO3. The molecule has 1 N–H and O–H groups in total. The van der Waals surface area contributed by atoms with Crippen molar-refractivity contribution in [3.63, 3.8) is 0 Å². The van der Waals surface area contributed by atoms with E-state index >= 15 is 0 Å². The van der Waals surface area contributed by atoms with Crippen LogP contribution in [0.4, 0.5) is 0 Å². The van der Waals surface area contributed by atoms with E-state index in [1.807, 2.05) is 25.1 Å². The maximum absolute atomic E-state index is 5.71. The van der Waals surface area contributed by atoms with Crippen molar-refractivity contribution in [3.05, 3.63) is 23.8 Å². The van der Waals surface area contributed by atoms with Crippen LogP contribution >= 0.6 is 0 Å². The molecule has 1 heterocycles. The van der Waals surface area contributed by atoms with E-state index in [4.69, 9.17) is 14.3 Å². The van der Waals surface area contributed by atoms with E-state index in [2.05, 4.69) is 5.48 Å². The highest BCUT2D eigenvalue weighted by atomic mass is 16.6. The third kappa shape index (κ3) is 2.90. The van der Waals surface area contributed by atoms with E-state index in [0.29, 0.717) is 6.61 Å². The van der Waals surface area contributed by atoms with Gasteiger partial charge in [0, 0.05) is 5.56 Å². The highest BCUT2D eigenvalue weighted by Crippen LogP contribution is 2.34. The lowest BCUT2D eigenvalue weighted by Gasteiger charge is -2.17. The maximum atomic E-state index is 5.71. The summed E-state index contributed by atoms with van der Waals surface area (Å²) in [6, 6.07) is 6.10. The predicted molar refractivity (Wildman–Crippen MR) is 65.2 cm³/mol. The standard InChI is InChI=1S/C13H19NO3/c1-3-16-10-6-7-13-11(9-10)12(14-15-2)5-4-8-17-13/h6-7,9,12,14H,3-5,8H2,1-2H3. The third-order valence-corrected chi connectivity index (χ3v) is 2.82. The Labute approximate surface area is 102 Å².